The quantitative estimate of drug-likeness (QED) is 0.545. The topological polar surface area (TPSA) is 47.3 Å². The summed E-state index contributed by atoms with van der Waals surface area (Å²) in [6.45, 7) is 2.58. The minimum absolute atomic E-state index is 0.117. The molecule has 0 saturated carbocycles. The highest BCUT2D eigenvalue weighted by Gasteiger charge is 2.11. The van der Waals surface area contributed by atoms with Gasteiger partial charge in [0.1, 0.15) is 6.54 Å². The van der Waals surface area contributed by atoms with Crippen LogP contribution in [0.4, 0.5) is 4.79 Å². The first-order valence-electron chi connectivity index (χ1n) is 3.46. The van der Waals surface area contributed by atoms with E-state index in [1.165, 1.54) is 9.80 Å². The Morgan fingerprint density at radius 3 is 2.36 bits per heavy atom. The fourth-order valence-electron chi connectivity index (χ4n) is 0.683. The summed E-state index contributed by atoms with van der Waals surface area (Å²) >= 11 is 0. The lowest BCUT2D eigenvalue weighted by molar-refractivity contribution is 0.179. The molecule has 0 aromatic heterocycles. The van der Waals surface area contributed by atoms with E-state index in [4.69, 9.17) is 5.26 Å². The third-order valence-corrected chi connectivity index (χ3v) is 1.30. The summed E-state index contributed by atoms with van der Waals surface area (Å²) in [6.07, 6.45) is 0. The molecule has 0 atom stereocenters. The molecular weight excluding hydrogens is 142 g/mol. The summed E-state index contributed by atoms with van der Waals surface area (Å²) in [7, 11) is 3.34. The highest BCUT2D eigenvalue weighted by Crippen LogP contribution is 1.92. The predicted molar refractivity (Wildman–Crippen MR) is 41.9 cm³/mol. The second kappa shape index (κ2) is 4.56. The number of carbonyl (C=O) groups is 1. The second-order valence-corrected chi connectivity index (χ2v) is 2.35. The van der Waals surface area contributed by atoms with Gasteiger partial charge in [0, 0.05) is 20.6 Å². The van der Waals surface area contributed by atoms with Crippen LogP contribution in [0.15, 0.2) is 0 Å². The average Bonchev–Trinajstić information content (AvgIpc) is 1.98. The van der Waals surface area contributed by atoms with Crippen LogP contribution in [0.3, 0.4) is 0 Å². The molecule has 4 heteroatoms. The molecule has 0 heterocycles. The number of rotatable bonds is 2. The van der Waals surface area contributed by atoms with Gasteiger partial charge in [0.05, 0.1) is 6.07 Å². The molecule has 0 N–H and O–H groups in total. The predicted octanol–water partition coefficient (Wildman–Crippen LogP) is 0.513. The molecule has 0 aromatic rings. The highest BCUT2D eigenvalue weighted by molar-refractivity contribution is 5.73. The number of carbonyl (C=O) groups excluding carboxylic acids is 1. The molecule has 0 rings (SSSR count). The number of hydrogen-bond acceptors (Lipinski definition) is 2. The molecule has 0 aromatic carbocycles. The summed E-state index contributed by atoms with van der Waals surface area (Å²) in [5, 5.41) is 8.34. The van der Waals surface area contributed by atoms with Gasteiger partial charge in [-0.25, -0.2) is 4.79 Å². The highest BCUT2D eigenvalue weighted by atomic mass is 16.2. The maximum absolute atomic E-state index is 11.2. The van der Waals surface area contributed by atoms with E-state index in [1.54, 1.807) is 14.1 Å². The van der Waals surface area contributed by atoms with Crippen molar-refractivity contribution < 1.29 is 4.79 Å². The first-order valence-corrected chi connectivity index (χ1v) is 3.46. The van der Waals surface area contributed by atoms with E-state index in [1.807, 2.05) is 13.0 Å². The van der Waals surface area contributed by atoms with Crippen LogP contribution in [0.5, 0.6) is 0 Å². The van der Waals surface area contributed by atoms with Crippen molar-refractivity contribution in [2.75, 3.05) is 27.2 Å². The van der Waals surface area contributed by atoms with Gasteiger partial charge in [-0.1, -0.05) is 0 Å². The van der Waals surface area contributed by atoms with Crippen LogP contribution in [0.1, 0.15) is 6.92 Å². The lowest BCUT2D eigenvalue weighted by Gasteiger charge is -2.21. The summed E-state index contributed by atoms with van der Waals surface area (Å²) in [5.41, 5.74) is 0. The molecule has 0 radical (unpaired) electrons. The van der Waals surface area contributed by atoms with Crippen molar-refractivity contribution in [1.82, 2.24) is 9.80 Å². The average molecular weight is 155 g/mol. The van der Waals surface area contributed by atoms with E-state index in [0.717, 1.165) is 0 Å². The number of amides is 2. The fourth-order valence-corrected chi connectivity index (χ4v) is 0.683. The number of nitrogens with zero attached hydrogens (tertiary/aromatic N) is 3. The van der Waals surface area contributed by atoms with E-state index < -0.39 is 0 Å². The van der Waals surface area contributed by atoms with Crippen molar-refractivity contribution in [3.63, 3.8) is 0 Å². The van der Waals surface area contributed by atoms with Crippen molar-refractivity contribution in [3.8, 4) is 6.07 Å². The Labute approximate surface area is 67.0 Å². The first kappa shape index (κ1) is 9.76. The Hall–Kier alpha value is -1.24. The SMILES string of the molecule is CCN(CC#N)C(=O)N(C)C. The standard InChI is InChI=1S/C7H13N3O/c1-4-10(6-5-8)7(11)9(2)3/h4,6H2,1-3H3. The first-order chi connectivity index (χ1) is 5.13. The largest absolute Gasteiger partial charge is 0.331 e. The van der Waals surface area contributed by atoms with Crippen LogP contribution in [-0.4, -0.2) is 43.0 Å². The van der Waals surface area contributed by atoms with Gasteiger partial charge < -0.3 is 9.80 Å². The molecule has 0 aliphatic rings. The van der Waals surface area contributed by atoms with Crippen molar-refractivity contribution >= 4 is 6.03 Å². The number of nitriles is 1. The van der Waals surface area contributed by atoms with E-state index in [0.29, 0.717) is 6.54 Å². The van der Waals surface area contributed by atoms with Crippen molar-refractivity contribution in [2.45, 2.75) is 6.92 Å². The molecule has 2 amide bonds. The van der Waals surface area contributed by atoms with Crippen LogP contribution in [0.2, 0.25) is 0 Å². The summed E-state index contributed by atoms with van der Waals surface area (Å²) in [4.78, 5) is 14.1. The van der Waals surface area contributed by atoms with Gasteiger partial charge in [-0.3, -0.25) is 0 Å². The normalized spacial score (nSPS) is 8.55. The molecule has 0 aliphatic carbocycles. The lowest BCUT2D eigenvalue weighted by atomic mass is 10.5. The van der Waals surface area contributed by atoms with Crippen LogP contribution >= 0.6 is 0 Å². The van der Waals surface area contributed by atoms with Crippen LogP contribution in [0, 0.1) is 11.3 Å². The molecule has 0 unspecified atom stereocenters. The van der Waals surface area contributed by atoms with Crippen molar-refractivity contribution in [2.24, 2.45) is 0 Å². The monoisotopic (exact) mass is 155 g/mol. The smallest absolute Gasteiger partial charge is 0.320 e. The Balaban J connectivity index is 4.05. The molecule has 4 nitrogen and oxygen atoms in total. The third-order valence-electron chi connectivity index (χ3n) is 1.30. The molecule has 0 spiro atoms. The number of hydrogen-bond donors (Lipinski definition) is 0. The maximum atomic E-state index is 11.2. The van der Waals surface area contributed by atoms with Gasteiger partial charge in [0.25, 0.3) is 0 Å². The summed E-state index contributed by atoms with van der Waals surface area (Å²) in [6, 6.07) is 1.82. The van der Waals surface area contributed by atoms with Gasteiger partial charge in [-0.15, -0.1) is 0 Å². The van der Waals surface area contributed by atoms with Crippen LogP contribution in [-0.2, 0) is 0 Å². The van der Waals surface area contributed by atoms with E-state index in [2.05, 4.69) is 0 Å². The third kappa shape index (κ3) is 2.89. The fraction of sp³-hybridized carbons (Fsp3) is 0.714. The second-order valence-electron chi connectivity index (χ2n) is 2.35. The Morgan fingerprint density at radius 2 is 2.09 bits per heavy atom. The molecule has 0 bridgehead atoms. The Morgan fingerprint density at radius 1 is 1.55 bits per heavy atom. The zero-order chi connectivity index (χ0) is 8.85. The van der Waals surface area contributed by atoms with E-state index >= 15 is 0 Å². The lowest BCUT2D eigenvalue weighted by Crippen LogP contribution is -2.39. The summed E-state index contributed by atoms with van der Waals surface area (Å²) in [5.74, 6) is 0. The summed E-state index contributed by atoms with van der Waals surface area (Å²) < 4.78 is 0. The molecule has 62 valence electrons. The zero-order valence-corrected chi connectivity index (χ0v) is 7.16. The van der Waals surface area contributed by atoms with Crippen LogP contribution in [0.25, 0.3) is 0 Å². The van der Waals surface area contributed by atoms with Gasteiger partial charge in [0.2, 0.25) is 0 Å². The van der Waals surface area contributed by atoms with E-state index in [-0.39, 0.29) is 12.6 Å². The minimum atomic E-state index is -0.117. The van der Waals surface area contributed by atoms with Gasteiger partial charge >= 0.3 is 6.03 Å². The van der Waals surface area contributed by atoms with Gasteiger partial charge in [-0.2, -0.15) is 5.26 Å². The van der Waals surface area contributed by atoms with E-state index in [9.17, 15) is 4.79 Å². The van der Waals surface area contributed by atoms with Gasteiger partial charge in [-0.05, 0) is 6.92 Å². The molecule has 0 saturated heterocycles. The van der Waals surface area contributed by atoms with Crippen molar-refractivity contribution in [1.29, 1.82) is 5.26 Å². The maximum Gasteiger partial charge on any atom is 0.320 e. The molecule has 11 heavy (non-hydrogen) atoms. The Kier molecular flexibility index (Phi) is 4.04. The number of urea groups is 1. The molecule has 0 fully saturated rings. The zero-order valence-electron chi connectivity index (χ0n) is 7.16. The minimum Gasteiger partial charge on any atom is -0.331 e. The Bertz CT molecular complexity index is 171. The van der Waals surface area contributed by atoms with Crippen molar-refractivity contribution in [3.05, 3.63) is 0 Å². The molecule has 0 aliphatic heterocycles. The van der Waals surface area contributed by atoms with Crippen LogP contribution < -0.4 is 0 Å². The van der Waals surface area contributed by atoms with Gasteiger partial charge in [0.15, 0.2) is 0 Å². The molecular formula is C7H13N3O.